The van der Waals surface area contributed by atoms with Crippen LogP contribution in [0.3, 0.4) is 0 Å². The van der Waals surface area contributed by atoms with Gasteiger partial charge < -0.3 is 15.2 Å². The van der Waals surface area contributed by atoms with E-state index in [4.69, 9.17) is 0 Å². The van der Waals surface area contributed by atoms with E-state index in [0.717, 1.165) is 48.0 Å². The zero-order chi connectivity index (χ0) is 19.3. The molecule has 3 aromatic rings. The molecule has 1 aliphatic heterocycles. The molecule has 2 N–H and O–H groups in total. The van der Waals surface area contributed by atoms with Gasteiger partial charge in [0.25, 0.3) is 0 Å². The highest BCUT2D eigenvalue weighted by Gasteiger charge is 2.28. The molecule has 0 spiro atoms. The molecule has 1 atom stereocenters. The molecule has 1 aliphatic rings. The predicted octanol–water partition coefficient (Wildman–Crippen LogP) is 4.56. The van der Waals surface area contributed by atoms with Crippen molar-refractivity contribution < 1.29 is 4.79 Å². The van der Waals surface area contributed by atoms with Crippen LogP contribution in [0.1, 0.15) is 48.1 Å². The highest BCUT2D eigenvalue weighted by molar-refractivity contribution is 6.10. The van der Waals surface area contributed by atoms with E-state index in [-0.39, 0.29) is 11.8 Å². The van der Waals surface area contributed by atoms with E-state index in [2.05, 4.69) is 34.3 Å². The summed E-state index contributed by atoms with van der Waals surface area (Å²) in [5, 5.41) is 4.69. The van der Waals surface area contributed by atoms with Crippen molar-refractivity contribution in [2.75, 3.05) is 19.6 Å². The Labute approximate surface area is 166 Å². The minimum absolute atomic E-state index is 0.139. The Morgan fingerprint density at radius 2 is 1.82 bits per heavy atom. The van der Waals surface area contributed by atoms with E-state index < -0.39 is 0 Å². The number of Topliss-reactive ketones (excluding diaryl/α,β-unsaturated/α-hetero) is 1. The Hall–Kier alpha value is -2.43. The van der Waals surface area contributed by atoms with E-state index in [1.165, 1.54) is 13.0 Å². The molecule has 0 bridgehead atoms. The summed E-state index contributed by atoms with van der Waals surface area (Å²) in [6.07, 6.45) is 5.23. The van der Waals surface area contributed by atoms with Gasteiger partial charge in [-0.15, -0.1) is 0 Å². The number of fused-ring (bicyclic) bond motifs is 1. The lowest BCUT2D eigenvalue weighted by Crippen LogP contribution is -2.45. The molecule has 0 radical (unpaired) electrons. The van der Waals surface area contributed by atoms with Crippen LogP contribution in [-0.4, -0.2) is 41.3 Å². The predicted molar refractivity (Wildman–Crippen MR) is 115 cm³/mol. The molecule has 0 amide bonds. The monoisotopic (exact) mass is 375 g/mol. The number of hydrogen-bond donors (Lipinski definition) is 2. The fraction of sp³-hybridized carbons (Fsp3) is 0.375. The van der Waals surface area contributed by atoms with Gasteiger partial charge in [-0.3, -0.25) is 4.79 Å². The first kappa shape index (κ1) is 18.9. The van der Waals surface area contributed by atoms with E-state index in [9.17, 15) is 4.79 Å². The van der Waals surface area contributed by atoms with Gasteiger partial charge in [-0.2, -0.15) is 0 Å². The van der Waals surface area contributed by atoms with Crippen molar-refractivity contribution in [2.24, 2.45) is 0 Å². The normalized spacial score (nSPS) is 17.0. The number of rotatable bonds is 7. The number of piperidine rings is 1. The first-order valence-corrected chi connectivity index (χ1v) is 10.4. The third kappa shape index (κ3) is 4.03. The van der Waals surface area contributed by atoms with Crippen LogP contribution in [0.25, 0.3) is 10.9 Å². The zero-order valence-corrected chi connectivity index (χ0v) is 16.5. The van der Waals surface area contributed by atoms with Gasteiger partial charge in [0, 0.05) is 28.7 Å². The maximum atomic E-state index is 13.6. The number of carbonyl (C=O) groups excluding carboxylic acids is 1. The van der Waals surface area contributed by atoms with Gasteiger partial charge in [0.1, 0.15) is 0 Å². The van der Waals surface area contributed by atoms with Crippen LogP contribution in [0.5, 0.6) is 0 Å². The van der Waals surface area contributed by atoms with Crippen LogP contribution in [0.4, 0.5) is 0 Å². The molecular formula is C24H29N3O. The molecule has 0 saturated carbocycles. The van der Waals surface area contributed by atoms with Gasteiger partial charge in [-0.1, -0.05) is 55.5 Å². The van der Waals surface area contributed by atoms with Crippen molar-refractivity contribution in [1.82, 2.24) is 15.2 Å². The minimum atomic E-state index is -0.317. The second-order valence-corrected chi connectivity index (χ2v) is 7.74. The summed E-state index contributed by atoms with van der Waals surface area (Å²) in [7, 11) is 0. The quantitative estimate of drug-likeness (QED) is 0.595. The molecule has 146 valence electrons. The van der Waals surface area contributed by atoms with E-state index >= 15 is 0 Å². The van der Waals surface area contributed by atoms with E-state index in [1.54, 1.807) is 0 Å². The third-order valence-corrected chi connectivity index (χ3v) is 5.78. The van der Waals surface area contributed by atoms with Crippen molar-refractivity contribution >= 4 is 16.7 Å². The summed E-state index contributed by atoms with van der Waals surface area (Å²) in [6, 6.07) is 18.2. The number of para-hydroxylation sites is 1. The van der Waals surface area contributed by atoms with Gasteiger partial charge >= 0.3 is 0 Å². The molecule has 1 aromatic heterocycles. The van der Waals surface area contributed by atoms with Crippen molar-refractivity contribution in [3.8, 4) is 0 Å². The van der Waals surface area contributed by atoms with Gasteiger partial charge in [0.05, 0.1) is 6.04 Å². The number of ketones is 1. The standard InChI is InChI=1S/C24H29N3O/c1-2-14-27-15-12-19(13-16-27)26-23(18-8-4-3-5-9-18)24(28)21-17-25-22-11-7-6-10-20(21)22/h3-11,17,19,23,25-26H,2,12-16H2,1H3. The summed E-state index contributed by atoms with van der Waals surface area (Å²) in [5.74, 6) is 0.139. The zero-order valence-electron chi connectivity index (χ0n) is 16.5. The van der Waals surface area contributed by atoms with Crippen LogP contribution in [0.2, 0.25) is 0 Å². The van der Waals surface area contributed by atoms with Crippen LogP contribution < -0.4 is 5.32 Å². The van der Waals surface area contributed by atoms with Crippen molar-refractivity contribution in [3.63, 3.8) is 0 Å². The Morgan fingerprint density at radius 3 is 2.57 bits per heavy atom. The van der Waals surface area contributed by atoms with E-state index in [0.29, 0.717) is 6.04 Å². The lowest BCUT2D eigenvalue weighted by Gasteiger charge is -2.34. The van der Waals surface area contributed by atoms with Crippen LogP contribution >= 0.6 is 0 Å². The Balaban J connectivity index is 1.57. The van der Waals surface area contributed by atoms with Gasteiger partial charge in [-0.25, -0.2) is 0 Å². The topological polar surface area (TPSA) is 48.1 Å². The first-order chi connectivity index (χ1) is 13.8. The highest BCUT2D eigenvalue weighted by Crippen LogP contribution is 2.26. The smallest absolute Gasteiger partial charge is 0.186 e. The number of aromatic nitrogens is 1. The molecule has 0 aliphatic carbocycles. The van der Waals surface area contributed by atoms with Crippen molar-refractivity contribution in [3.05, 3.63) is 71.9 Å². The lowest BCUT2D eigenvalue weighted by atomic mass is 9.94. The molecule has 2 heterocycles. The van der Waals surface area contributed by atoms with Crippen molar-refractivity contribution in [1.29, 1.82) is 0 Å². The third-order valence-electron chi connectivity index (χ3n) is 5.78. The molecule has 4 rings (SSSR count). The summed E-state index contributed by atoms with van der Waals surface area (Å²) < 4.78 is 0. The number of carbonyl (C=O) groups is 1. The Kier molecular flexibility index (Phi) is 5.89. The number of H-pyrrole nitrogens is 1. The molecule has 1 fully saturated rings. The maximum absolute atomic E-state index is 13.6. The fourth-order valence-electron chi connectivity index (χ4n) is 4.27. The maximum Gasteiger partial charge on any atom is 0.186 e. The Morgan fingerprint density at radius 1 is 1.11 bits per heavy atom. The number of likely N-dealkylation sites (tertiary alicyclic amines) is 1. The highest BCUT2D eigenvalue weighted by atomic mass is 16.1. The van der Waals surface area contributed by atoms with Crippen LogP contribution in [-0.2, 0) is 0 Å². The summed E-state index contributed by atoms with van der Waals surface area (Å²) >= 11 is 0. The van der Waals surface area contributed by atoms with Crippen LogP contribution in [0.15, 0.2) is 60.8 Å². The summed E-state index contributed by atoms with van der Waals surface area (Å²) in [5.41, 5.74) is 2.81. The summed E-state index contributed by atoms with van der Waals surface area (Å²) in [6.45, 7) is 5.61. The first-order valence-electron chi connectivity index (χ1n) is 10.4. The number of nitrogens with zero attached hydrogens (tertiary/aromatic N) is 1. The second-order valence-electron chi connectivity index (χ2n) is 7.74. The molecule has 1 unspecified atom stereocenters. The largest absolute Gasteiger partial charge is 0.360 e. The molecule has 4 heteroatoms. The molecule has 2 aromatic carbocycles. The molecule has 28 heavy (non-hydrogen) atoms. The van der Waals surface area contributed by atoms with Gasteiger partial charge in [0.2, 0.25) is 0 Å². The average Bonchev–Trinajstić information content (AvgIpc) is 3.18. The van der Waals surface area contributed by atoms with Crippen LogP contribution in [0, 0.1) is 0 Å². The molecule has 1 saturated heterocycles. The number of nitrogens with one attached hydrogen (secondary N) is 2. The molecular weight excluding hydrogens is 346 g/mol. The number of benzene rings is 2. The molecule has 4 nitrogen and oxygen atoms in total. The van der Waals surface area contributed by atoms with Gasteiger partial charge in [-0.05, 0) is 50.5 Å². The lowest BCUT2D eigenvalue weighted by molar-refractivity contribution is 0.0924. The number of hydrogen-bond acceptors (Lipinski definition) is 3. The second kappa shape index (κ2) is 8.72. The fourth-order valence-corrected chi connectivity index (χ4v) is 4.27. The Bertz CT molecular complexity index is 910. The average molecular weight is 376 g/mol. The minimum Gasteiger partial charge on any atom is -0.360 e. The summed E-state index contributed by atoms with van der Waals surface area (Å²) in [4.78, 5) is 19.3. The van der Waals surface area contributed by atoms with E-state index in [1.807, 2.05) is 48.7 Å². The van der Waals surface area contributed by atoms with Gasteiger partial charge in [0.15, 0.2) is 5.78 Å². The number of aromatic amines is 1. The SMILES string of the molecule is CCCN1CCC(NC(C(=O)c2c[nH]c3ccccc23)c2ccccc2)CC1. The van der Waals surface area contributed by atoms with Crippen molar-refractivity contribution in [2.45, 2.75) is 38.3 Å².